The molecule has 2 N–H and O–H groups in total. The first-order chi connectivity index (χ1) is 9.50. The van der Waals surface area contributed by atoms with Gasteiger partial charge in [-0.15, -0.1) is 0 Å². The average Bonchev–Trinajstić information content (AvgIpc) is 2.39. The van der Waals surface area contributed by atoms with Crippen LogP contribution < -0.4 is 0 Å². The third kappa shape index (κ3) is 3.65. The predicted octanol–water partition coefficient (Wildman–Crippen LogP) is 3.83. The van der Waals surface area contributed by atoms with E-state index in [1.807, 2.05) is 74.5 Å². The molecule has 0 aromatic heterocycles. The van der Waals surface area contributed by atoms with Gasteiger partial charge in [-0.1, -0.05) is 60.7 Å². The highest BCUT2D eigenvalue weighted by Crippen LogP contribution is 2.43. The number of benzene rings is 2. The minimum absolute atomic E-state index is 0.0748. The highest BCUT2D eigenvalue weighted by atomic mass is 31.2. The van der Waals surface area contributed by atoms with E-state index >= 15 is 0 Å². The van der Waals surface area contributed by atoms with Crippen LogP contribution in [-0.2, 0) is 4.52 Å². The second kappa shape index (κ2) is 6.47. The summed E-state index contributed by atoms with van der Waals surface area (Å²) in [5.74, 6) is -0.0748. The standard InChI is InChI=1S/C16H19O3P/c1-16(2,19-20(17)18)15(13-9-5-3-6-10-13)14-11-7-4-8-12-14/h3-12,15,17-18H,1-2H3. The summed E-state index contributed by atoms with van der Waals surface area (Å²) < 4.78 is 5.38. The van der Waals surface area contributed by atoms with Crippen LogP contribution in [0.15, 0.2) is 60.7 Å². The van der Waals surface area contributed by atoms with Gasteiger partial charge in [-0.2, -0.15) is 0 Å². The van der Waals surface area contributed by atoms with Gasteiger partial charge in [-0.25, -0.2) is 0 Å². The third-order valence-corrected chi connectivity index (χ3v) is 3.91. The fourth-order valence-corrected chi connectivity index (χ4v) is 3.08. The third-order valence-electron chi connectivity index (χ3n) is 3.28. The first kappa shape index (κ1) is 15.1. The van der Waals surface area contributed by atoms with Crippen LogP contribution in [0, 0.1) is 0 Å². The monoisotopic (exact) mass is 290 g/mol. The fraction of sp³-hybridized carbons (Fsp3) is 0.250. The van der Waals surface area contributed by atoms with Crippen LogP contribution in [0.3, 0.4) is 0 Å². The minimum Gasteiger partial charge on any atom is -0.328 e. The minimum atomic E-state index is -2.40. The van der Waals surface area contributed by atoms with Gasteiger partial charge in [-0.05, 0) is 25.0 Å². The van der Waals surface area contributed by atoms with Crippen molar-refractivity contribution in [2.75, 3.05) is 0 Å². The number of hydrogen-bond donors (Lipinski definition) is 2. The van der Waals surface area contributed by atoms with Crippen molar-refractivity contribution in [2.45, 2.75) is 25.4 Å². The molecule has 0 aliphatic heterocycles. The predicted molar refractivity (Wildman–Crippen MR) is 81.2 cm³/mol. The summed E-state index contributed by atoms with van der Waals surface area (Å²) in [6, 6.07) is 19.9. The van der Waals surface area contributed by atoms with Crippen molar-refractivity contribution in [3.05, 3.63) is 71.8 Å². The summed E-state index contributed by atoms with van der Waals surface area (Å²) in [5, 5.41) is 0. The number of rotatable bonds is 5. The van der Waals surface area contributed by atoms with Crippen molar-refractivity contribution >= 4 is 8.60 Å². The Balaban J connectivity index is 2.45. The zero-order valence-corrected chi connectivity index (χ0v) is 12.5. The van der Waals surface area contributed by atoms with Gasteiger partial charge >= 0.3 is 8.60 Å². The summed E-state index contributed by atoms with van der Waals surface area (Å²) in [6.45, 7) is 3.75. The average molecular weight is 290 g/mol. The summed E-state index contributed by atoms with van der Waals surface area (Å²) in [6.07, 6.45) is 0. The van der Waals surface area contributed by atoms with Gasteiger partial charge in [-0.3, -0.25) is 0 Å². The van der Waals surface area contributed by atoms with Crippen molar-refractivity contribution in [3.8, 4) is 0 Å². The zero-order valence-electron chi connectivity index (χ0n) is 11.6. The van der Waals surface area contributed by atoms with E-state index in [4.69, 9.17) is 4.52 Å². The molecular weight excluding hydrogens is 271 g/mol. The highest BCUT2D eigenvalue weighted by molar-refractivity contribution is 7.39. The molecule has 2 aromatic carbocycles. The van der Waals surface area contributed by atoms with Crippen molar-refractivity contribution < 1.29 is 14.3 Å². The second-order valence-electron chi connectivity index (χ2n) is 5.20. The van der Waals surface area contributed by atoms with Gasteiger partial charge in [0.25, 0.3) is 0 Å². The van der Waals surface area contributed by atoms with E-state index in [0.29, 0.717) is 0 Å². The Hall–Kier alpha value is -1.25. The maximum Gasteiger partial charge on any atom is 0.327 e. The summed E-state index contributed by atoms with van der Waals surface area (Å²) in [4.78, 5) is 18.5. The van der Waals surface area contributed by atoms with E-state index in [9.17, 15) is 9.79 Å². The molecule has 0 saturated heterocycles. The molecule has 0 atom stereocenters. The maximum atomic E-state index is 9.23. The first-order valence-electron chi connectivity index (χ1n) is 6.47. The van der Waals surface area contributed by atoms with Gasteiger partial charge in [0.1, 0.15) is 0 Å². The van der Waals surface area contributed by atoms with E-state index in [1.165, 1.54) is 0 Å². The summed E-state index contributed by atoms with van der Waals surface area (Å²) in [5.41, 5.74) is 1.44. The Morgan fingerprint density at radius 2 is 1.25 bits per heavy atom. The Morgan fingerprint density at radius 1 is 0.850 bits per heavy atom. The summed E-state index contributed by atoms with van der Waals surface area (Å²) >= 11 is 0. The molecule has 2 rings (SSSR count). The normalized spacial score (nSPS) is 12.1. The molecule has 0 radical (unpaired) electrons. The Morgan fingerprint density at radius 3 is 1.60 bits per heavy atom. The first-order valence-corrected chi connectivity index (χ1v) is 7.64. The zero-order chi connectivity index (χ0) is 14.6. The molecular formula is C16H19O3P. The largest absolute Gasteiger partial charge is 0.328 e. The van der Waals surface area contributed by atoms with Gasteiger partial charge in [0.2, 0.25) is 0 Å². The van der Waals surface area contributed by atoms with E-state index in [1.54, 1.807) is 0 Å². The van der Waals surface area contributed by atoms with Crippen LogP contribution in [0.4, 0.5) is 0 Å². The topological polar surface area (TPSA) is 49.7 Å². The van der Waals surface area contributed by atoms with Gasteiger partial charge < -0.3 is 14.3 Å². The molecule has 3 nitrogen and oxygen atoms in total. The molecule has 0 aliphatic rings. The lowest BCUT2D eigenvalue weighted by atomic mass is 9.79. The maximum absolute atomic E-state index is 9.23. The molecule has 0 spiro atoms. The van der Waals surface area contributed by atoms with Crippen LogP contribution in [0.5, 0.6) is 0 Å². The smallest absolute Gasteiger partial charge is 0.327 e. The van der Waals surface area contributed by atoms with Gasteiger partial charge in [0.15, 0.2) is 0 Å². The van der Waals surface area contributed by atoms with Crippen LogP contribution in [-0.4, -0.2) is 15.4 Å². The lowest BCUT2D eigenvalue weighted by Gasteiger charge is -2.35. The molecule has 4 heteroatoms. The highest BCUT2D eigenvalue weighted by Gasteiger charge is 2.35. The summed E-state index contributed by atoms with van der Waals surface area (Å²) in [7, 11) is -2.40. The molecule has 0 unspecified atom stereocenters. The molecule has 0 fully saturated rings. The van der Waals surface area contributed by atoms with Crippen molar-refractivity contribution in [1.29, 1.82) is 0 Å². The molecule has 0 aliphatic carbocycles. The number of hydrogen-bond acceptors (Lipinski definition) is 3. The van der Waals surface area contributed by atoms with Crippen molar-refractivity contribution in [3.63, 3.8) is 0 Å². The lowest BCUT2D eigenvalue weighted by Crippen LogP contribution is -2.32. The second-order valence-corrected chi connectivity index (χ2v) is 5.89. The molecule has 0 bridgehead atoms. The van der Waals surface area contributed by atoms with Crippen molar-refractivity contribution in [1.82, 2.24) is 0 Å². The molecule has 0 saturated carbocycles. The van der Waals surface area contributed by atoms with Crippen LogP contribution in [0.2, 0.25) is 0 Å². The fourth-order valence-electron chi connectivity index (χ4n) is 2.55. The van der Waals surface area contributed by atoms with Gasteiger partial charge in [0.05, 0.1) is 5.60 Å². The lowest BCUT2D eigenvalue weighted by molar-refractivity contribution is 0.0744. The Bertz CT molecular complexity index is 486. The Kier molecular flexibility index (Phi) is 4.90. The molecule has 0 amide bonds. The van der Waals surface area contributed by atoms with Crippen LogP contribution in [0.25, 0.3) is 0 Å². The van der Waals surface area contributed by atoms with Crippen LogP contribution in [0.1, 0.15) is 30.9 Å². The van der Waals surface area contributed by atoms with E-state index < -0.39 is 14.2 Å². The van der Waals surface area contributed by atoms with Crippen molar-refractivity contribution in [2.24, 2.45) is 0 Å². The quantitative estimate of drug-likeness (QED) is 0.823. The van der Waals surface area contributed by atoms with E-state index in [0.717, 1.165) is 11.1 Å². The SMILES string of the molecule is CC(C)(OP(O)O)C(c1ccccc1)c1ccccc1. The molecule has 20 heavy (non-hydrogen) atoms. The van der Waals surface area contributed by atoms with Crippen LogP contribution >= 0.6 is 8.60 Å². The van der Waals surface area contributed by atoms with Gasteiger partial charge in [0, 0.05) is 5.92 Å². The van der Waals surface area contributed by atoms with E-state index in [-0.39, 0.29) is 5.92 Å². The molecule has 106 valence electrons. The molecule has 0 heterocycles. The molecule has 2 aromatic rings. The Labute approximate surface area is 120 Å². The van der Waals surface area contributed by atoms with E-state index in [2.05, 4.69) is 0 Å².